The molecule has 0 aromatic heterocycles. The second-order valence-corrected chi connectivity index (χ2v) is 4.91. The summed E-state index contributed by atoms with van der Waals surface area (Å²) in [5, 5.41) is 18.8. The van der Waals surface area contributed by atoms with Gasteiger partial charge in [0.15, 0.2) is 0 Å². The van der Waals surface area contributed by atoms with Crippen LogP contribution in [-0.2, 0) is 0 Å². The van der Waals surface area contributed by atoms with E-state index in [0.29, 0.717) is 12.0 Å². The monoisotopic (exact) mass is 285 g/mol. The van der Waals surface area contributed by atoms with E-state index in [-0.39, 0.29) is 24.3 Å². The molecular formula is C17H19NO3. The number of phenols is 1. The summed E-state index contributed by atoms with van der Waals surface area (Å²) < 4.78 is 0. The normalized spacial score (nSPS) is 11.9. The Morgan fingerprint density at radius 3 is 2.48 bits per heavy atom. The van der Waals surface area contributed by atoms with Crippen LogP contribution in [0.15, 0.2) is 54.6 Å². The van der Waals surface area contributed by atoms with E-state index in [1.807, 2.05) is 30.3 Å². The lowest BCUT2D eigenvalue weighted by molar-refractivity contribution is 0.0704. The molecule has 4 nitrogen and oxygen atoms in total. The molecule has 1 atom stereocenters. The fourth-order valence-corrected chi connectivity index (χ4v) is 2.37. The first kappa shape index (κ1) is 15.1. The van der Waals surface area contributed by atoms with E-state index in [1.165, 1.54) is 12.1 Å². The maximum atomic E-state index is 12.5. The molecule has 0 aliphatic rings. The van der Waals surface area contributed by atoms with Crippen molar-refractivity contribution in [2.75, 3.05) is 13.7 Å². The summed E-state index contributed by atoms with van der Waals surface area (Å²) in [6.45, 7) is -0.00276. The molecule has 1 unspecified atom stereocenters. The second kappa shape index (κ2) is 6.90. The third-order valence-corrected chi connectivity index (χ3v) is 3.47. The highest BCUT2D eigenvalue weighted by atomic mass is 16.3. The Bertz CT molecular complexity index is 598. The van der Waals surface area contributed by atoms with Crippen molar-refractivity contribution in [3.8, 4) is 5.75 Å². The van der Waals surface area contributed by atoms with Gasteiger partial charge in [0, 0.05) is 19.2 Å². The molecular weight excluding hydrogens is 266 g/mol. The number of aromatic hydroxyl groups is 1. The van der Waals surface area contributed by atoms with Gasteiger partial charge in [0.1, 0.15) is 5.75 Å². The molecule has 0 saturated carbocycles. The average Bonchev–Trinajstić information content (AvgIpc) is 2.52. The summed E-state index contributed by atoms with van der Waals surface area (Å²) in [5.41, 5.74) is 1.40. The number of carbonyl (C=O) groups is 1. The smallest absolute Gasteiger partial charge is 0.254 e. The quantitative estimate of drug-likeness (QED) is 0.887. The topological polar surface area (TPSA) is 60.8 Å². The molecule has 2 N–H and O–H groups in total. The van der Waals surface area contributed by atoms with Crippen molar-refractivity contribution in [1.29, 1.82) is 0 Å². The Labute approximate surface area is 124 Å². The Balaban J connectivity index is 2.26. The standard InChI is InChI=1S/C17H19NO3/c1-18(17(21)14-8-5-9-15(20)12-14)16(10-11-19)13-6-3-2-4-7-13/h2-9,12,16,19-20H,10-11H2,1H3. The summed E-state index contributed by atoms with van der Waals surface area (Å²) in [7, 11) is 1.71. The first-order chi connectivity index (χ1) is 10.1. The van der Waals surface area contributed by atoms with E-state index in [9.17, 15) is 15.0 Å². The van der Waals surface area contributed by atoms with Gasteiger partial charge in [-0.2, -0.15) is 0 Å². The predicted molar refractivity (Wildman–Crippen MR) is 81.1 cm³/mol. The molecule has 2 rings (SSSR count). The number of aliphatic hydroxyl groups is 1. The number of aliphatic hydroxyl groups excluding tert-OH is 1. The van der Waals surface area contributed by atoms with E-state index >= 15 is 0 Å². The van der Waals surface area contributed by atoms with Crippen LogP contribution < -0.4 is 0 Å². The zero-order valence-corrected chi connectivity index (χ0v) is 11.9. The van der Waals surface area contributed by atoms with Crippen LogP contribution in [0.25, 0.3) is 0 Å². The predicted octanol–water partition coefficient (Wildman–Crippen LogP) is 2.59. The van der Waals surface area contributed by atoms with E-state index in [1.54, 1.807) is 24.1 Å². The molecule has 1 amide bonds. The summed E-state index contributed by atoms with van der Waals surface area (Å²) in [6.07, 6.45) is 0.463. The van der Waals surface area contributed by atoms with Crippen molar-refractivity contribution in [2.45, 2.75) is 12.5 Å². The summed E-state index contributed by atoms with van der Waals surface area (Å²) in [4.78, 5) is 14.1. The van der Waals surface area contributed by atoms with Crippen LogP contribution in [0.4, 0.5) is 0 Å². The highest BCUT2D eigenvalue weighted by molar-refractivity contribution is 5.94. The third kappa shape index (κ3) is 3.61. The number of carbonyl (C=O) groups excluding carboxylic acids is 1. The SMILES string of the molecule is CN(C(=O)c1cccc(O)c1)C(CCO)c1ccccc1. The molecule has 110 valence electrons. The first-order valence-corrected chi connectivity index (χ1v) is 6.85. The number of rotatable bonds is 5. The van der Waals surface area contributed by atoms with Crippen LogP contribution in [0.5, 0.6) is 5.75 Å². The second-order valence-electron chi connectivity index (χ2n) is 4.91. The number of amides is 1. The van der Waals surface area contributed by atoms with E-state index in [0.717, 1.165) is 5.56 Å². The van der Waals surface area contributed by atoms with Crippen LogP contribution in [-0.4, -0.2) is 34.7 Å². The van der Waals surface area contributed by atoms with Gasteiger partial charge in [-0.05, 0) is 30.2 Å². The largest absolute Gasteiger partial charge is 0.508 e. The van der Waals surface area contributed by atoms with E-state index in [2.05, 4.69) is 0 Å². The van der Waals surface area contributed by atoms with Crippen LogP contribution in [0.2, 0.25) is 0 Å². The molecule has 0 heterocycles. The highest BCUT2D eigenvalue weighted by Crippen LogP contribution is 2.25. The van der Waals surface area contributed by atoms with Gasteiger partial charge in [-0.25, -0.2) is 0 Å². The lowest BCUT2D eigenvalue weighted by Gasteiger charge is -2.28. The summed E-state index contributed by atoms with van der Waals surface area (Å²) in [6, 6.07) is 15.7. The first-order valence-electron chi connectivity index (χ1n) is 6.85. The third-order valence-electron chi connectivity index (χ3n) is 3.47. The molecule has 0 aliphatic carbocycles. The number of benzene rings is 2. The van der Waals surface area contributed by atoms with Gasteiger partial charge in [0.05, 0.1) is 6.04 Å². The van der Waals surface area contributed by atoms with Crippen molar-refractivity contribution in [2.24, 2.45) is 0 Å². The maximum absolute atomic E-state index is 12.5. The van der Waals surface area contributed by atoms with Crippen LogP contribution >= 0.6 is 0 Å². The number of phenolic OH excluding ortho intramolecular Hbond substituents is 1. The van der Waals surface area contributed by atoms with Crippen molar-refractivity contribution >= 4 is 5.91 Å². The summed E-state index contributed by atoms with van der Waals surface area (Å²) in [5.74, 6) is -0.124. The minimum atomic E-state index is -0.203. The fraction of sp³-hybridized carbons (Fsp3) is 0.235. The zero-order chi connectivity index (χ0) is 15.2. The number of nitrogens with zero attached hydrogens (tertiary/aromatic N) is 1. The number of hydrogen-bond acceptors (Lipinski definition) is 3. The minimum absolute atomic E-state index is 0.00276. The Hall–Kier alpha value is -2.33. The van der Waals surface area contributed by atoms with Gasteiger partial charge < -0.3 is 15.1 Å². The molecule has 0 spiro atoms. The molecule has 0 fully saturated rings. The van der Waals surface area contributed by atoms with E-state index < -0.39 is 0 Å². The fourth-order valence-electron chi connectivity index (χ4n) is 2.37. The maximum Gasteiger partial charge on any atom is 0.254 e. The van der Waals surface area contributed by atoms with Gasteiger partial charge in [-0.15, -0.1) is 0 Å². The van der Waals surface area contributed by atoms with Crippen molar-refractivity contribution in [1.82, 2.24) is 4.90 Å². The van der Waals surface area contributed by atoms with E-state index in [4.69, 9.17) is 0 Å². The lowest BCUT2D eigenvalue weighted by atomic mass is 10.0. The molecule has 21 heavy (non-hydrogen) atoms. The molecule has 0 saturated heterocycles. The average molecular weight is 285 g/mol. The van der Waals surface area contributed by atoms with Crippen LogP contribution in [0, 0.1) is 0 Å². The van der Waals surface area contributed by atoms with Crippen molar-refractivity contribution in [3.05, 3.63) is 65.7 Å². The highest BCUT2D eigenvalue weighted by Gasteiger charge is 2.22. The molecule has 0 bridgehead atoms. The Morgan fingerprint density at radius 2 is 1.86 bits per heavy atom. The lowest BCUT2D eigenvalue weighted by Crippen LogP contribution is -2.31. The Kier molecular flexibility index (Phi) is 4.95. The molecule has 2 aromatic rings. The van der Waals surface area contributed by atoms with Gasteiger partial charge in [-0.1, -0.05) is 36.4 Å². The zero-order valence-electron chi connectivity index (χ0n) is 11.9. The van der Waals surface area contributed by atoms with Crippen molar-refractivity contribution in [3.63, 3.8) is 0 Å². The van der Waals surface area contributed by atoms with Crippen LogP contribution in [0.1, 0.15) is 28.4 Å². The van der Waals surface area contributed by atoms with Gasteiger partial charge >= 0.3 is 0 Å². The van der Waals surface area contributed by atoms with Gasteiger partial charge in [-0.3, -0.25) is 4.79 Å². The van der Waals surface area contributed by atoms with Crippen LogP contribution in [0.3, 0.4) is 0 Å². The molecule has 0 aliphatic heterocycles. The van der Waals surface area contributed by atoms with Gasteiger partial charge in [0.2, 0.25) is 0 Å². The molecule has 4 heteroatoms. The van der Waals surface area contributed by atoms with Gasteiger partial charge in [0.25, 0.3) is 5.91 Å². The number of hydrogen-bond donors (Lipinski definition) is 2. The minimum Gasteiger partial charge on any atom is -0.508 e. The summed E-state index contributed by atoms with van der Waals surface area (Å²) >= 11 is 0. The Morgan fingerprint density at radius 1 is 1.14 bits per heavy atom. The molecule has 2 aromatic carbocycles. The molecule has 0 radical (unpaired) electrons. The van der Waals surface area contributed by atoms with Crippen molar-refractivity contribution < 1.29 is 15.0 Å².